The number of methoxy groups -OCH3 is 1. The van der Waals surface area contributed by atoms with Crippen LogP contribution in [0.5, 0.6) is 5.75 Å². The molecule has 1 heterocycles. The van der Waals surface area contributed by atoms with Gasteiger partial charge in [0.15, 0.2) is 0 Å². The summed E-state index contributed by atoms with van der Waals surface area (Å²) in [6, 6.07) is 14.1. The third kappa shape index (κ3) is 4.93. The molecule has 0 fully saturated rings. The van der Waals surface area contributed by atoms with Crippen molar-refractivity contribution in [1.29, 1.82) is 0 Å². The monoisotopic (exact) mass is 387 g/mol. The Morgan fingerprint density at radius 3 is 2.63 bits per heavy atom. The second kappa shape index (κ2) is 8.32. The Morgan fingerprint density at radius 2 is 1.89 bits per heavy atom. The lowest BCUT2D eigenvalue weighted by Crippen LogP contribution is -2.08. The Balaban J connectivity index is 1.54. The van der Waals surface area contributed by atoms with Crippen LogP contribution in [-0.2, 0) is 20.7 Å². The topological polar surface area (TPSA) is 83.3 Å². The predicted octanol–water partition coefficient (Wildman–Crippen LogP) is 2.92. The van der Waals surface area contributed by atoms with Crippen molar-refractivity contribution in [3.63, 3.8) is 0 Å². The van der Waals surface area contributed by atoms with E-state index in [1.807, 2.05) is 37.4 Å². The molecule has 0 bridgehead atoms. The van der Waals surface area contributed by atoms with E-state index in [2.05, 4.69) is 10.3 Å². The molecule has 0 spiro atoms. The fraction of sp³-hybridized carbons (Fsp3) is 0.263. The van der Waals surface area contributed by atoms with Gasteiger partial charge in [-0.25, -0.2) is 4.68 Å². The minimum atomic E-state index is -3.73. The summed E-state index contributed by atoms with van der Waals surface area (Å²) < 4.78 is 36.2. The summed E-state index contributed by atoms with van der Waals surface area (Å²) in [5, 5.41) is 8.21. The Kier molecular flexibility index (Phi) is 5.88. The number of nitrogens with zero attached hydrogens (tertiary/aromatic N) is 3. The van der Waals surface area contributed by atoms with Crippen molar-refractivity contribution in [1.82, 2.24) is 15.0 Å². The van der Waals surface area contributed by atoms with Crippen LogP contribution in [0.2, 0.25) is 0 Å². The van der Waals surface area contributed by atoms with Crippen molar-refractivity contribution < 1.29 is 17.3 Å². The summed E-state index contributed by atoms with van der Waals surface area (Å²) in [6.07, 6.45) is 2.89. The molecular formula is C19H21N3O4S. The van der Waals surface area contributed by atoms with Crippen molar-refractivity contribution in [3.05, 3.63) is 66.0 Å². The van der Waals surface area contributed by atoms with Crippen LogP contribution in [0, 0.1) is 6.92 Å². The molecule has 0 aliphatic rings. The zero-order valence-electron chi connectivity index (χ0n) is 15.2. The smallest absolute Gasteiger partial charge is 0.296 e. The van der Waals surface area contributed by atoms with Crippen LogP contribution < -0.4 is 4.74 Å². The minimum absolute atomic E-state index is 0.0855. The molecule has 0 radical (unpaired) electrons. The van der Waals surface area contributed by atoms with E-state index in [-0.39, 0.29) is 11.5 Å². The van der Waals surface area contributed by atoms with E-state index >= 15 is 0 Å². The first-order valence-corrected chi connectivity index (χ1v) is 9.90. The highest BCUT2D eigenvalue weighted by molar-refractivity contribution is 7.86. The minimum Gasteiger partial charge on any atom is -0.497 e. The maximum atomic E-state index is 12.1. The SMILES string of the molecule is COc1cccc(-n2cc(CCCOS(=O)(=O)c3ccc(C)cc3)nn2)c1. The Hall–Kier alpha value is -2.71. The van der Waals surface area contributed by atoms with Crippen LogP contribution in [0.1, 0.15) is 17.7 Å². The molecule has 2 aromatic carbocycles. The quantitative estimate of drug-likeness (QED) is 0.437. The van der Waals surface area contributed by atoms with E-state index in [9.17, 15) is 8.42 Å². The standard InChI is InChI=1S/C19H21N3O4S/c1-15-8-10-19(11-9-15)27(23,24)26-12-4-5-16-14-22(21-20-16)17-6-3-7-18(13-17)25-2/h3,6-11,13-14H,4-5,12H2,1-2H3. The van der Waals surface area contributed by atoms with Crippen molar-refractivity contribution in [2.45, 2.75) is 24.7 Å². The van der Waals surface area contributed by atoms with Gasteiger partial charge in [-0.3, -0.25) is 4.18 Å². The van der Waals surface area contributed by atoms with Gasteiger partial charge >= 0.3 is 0 Å². The molecule has 3 rings (SSSR count). The average Bonchev–Trinajstić information content (AvgIpc) is 3.15. The number of ether oxygens (including phenoxy) is 1. The number of hydrogen-bond acceptors (Lipinski definition) is 6. The average molecular weight is 387 g/mol. The summed E-state index contributed by atoms with van der Waals surface area (Å²) in [5.74, 6) is 0.735. The fourth-order valence-electron chi connectivity index (χ4n) is 2.49. The highest BCUT2D eigenvalue weighted by Crippen LogP contribution is 2.16. The van der Waals surface area contributed by atoms with E-state index in [4.69, 9.17) is 8.92 Å². The van der Waals surface area contributed by atoms with Crippen LogP contribution in [0.3, 0.4) is 0 Å². The zero-order chi connectivity index (χ0) is 19.3. The summed E-state index contributed by atoms with van der Waals surface area (Å²) in [7, 11) is -2.12. The fourth-order valence-corrected chi connectivity index (χ4v) is 3.43. The molecule has 7 nitrogen and oxygen atoms in total. The van der Waals surface area contributed by atoms with E-state index in [0.29, 0.717) is 12.8 Å². The molecule has 0 atom stereocenters. The van der Waals surface area contributed by atoms with Gasteiger partial charge < -0.3 is 4.74 Å². The number of aryl methyl sites for hydroxylation is 2. The lowest BCUT2D eigenvalue weighted by atomic mass is 10.2. The van der Waals surface area contributed by atoms with Gasteiger partial charge in [-0.2, -0.15) is 8.42 Å². The normalized spacial score (nSPS) is 11.5. The molecule has 0 aliphatic carbocycles. The molecular weight excluding hydrogens is 366 g/mol. The molecule has 8 heteroatoms. The molecule has 0 unspecified atom stereocenters. The summed E-state index contributed by atoms with van der Waals surface area (Å²) in [4.78, 5) is 0.164. The van der Waals surface area contributed by atoms with E-state index in [0.717, 1.165) is 22.7 Å². The zero-order valence-corrected chi connectivity index (χ0v) is 16.0. The first-order valence-electron chi connectivity index (χ1n) is 8.50. The maximum absolute atomic E-state index is 12.1. The number of hydrogen-bond donors (Lipinski definition) is 0. The Morgan fingerprint density at radius 1 is 1.11 bits per heavy atom. The lowest BCUT2D eigenvalue weighted by Gasteiger charge is -2.05. The third-order valence-electron chi connectivity index (χ3n) is 3.98. The molecule has 0 aliphatic heterocycles. The van der Waals surface area contributed by atoms with Gasteiger partial charge in [-0.05, 0) is 44.0 Å². The van der Waals surface area contributed by atoms with E-state index < -0.39 is 10.1 Å². The second-order valence-corrected chi connectivity index (χ2v) is 7.66. The van der Waals surface area contributed by atoms with Crippen LogP contribution in [0.25, 0.3) is 5.69 Å². The van der Waals surface area contributed by atoms with E-state index in [1.54, 1.807) is 36.1 Å². The maximum Gasteiger partial charge on any atom is 0.296 e. The molecule has 1 aromatic heterocycles. The summed E-state index contributed by atoms with van der Waals surface area (Å²) >= 11 is 0. The van der Waals surface area contributed by atoms with Gasteiger partial charge in [0.2, 0.25) is 0 Å². The Bertz CT molecular complexity index is 998. The van der Waals surface area contributed by atoms with Crippen LogP contribution in [0.15, 0.2) is 59.6 Å². The Labute approximate surface area is 158 Å². The van der Waals surface area contributed by atoms with Crippen molar-refractivity contribution in [2.75, 3.05) is 13.7 Å². The summed E-state index contributed by atoms with van der Waals surface area (Å²) in [5.41, 5.74) is 2.59. The molecule has 27 heavy (non-hydrogen) atoms. The predicted molar refractivity (Wildman–Crippen MR) is 101 cm³/mol. The molecule has 3 aromatic rings. The van der Waals surface area contributed by atoms with Crippen LogP contribution >= 0.6 is 0 Å². The van der Waals surface area contributed by atoms with Gasteiger partial charge in [0, 0.05) is 6.07 Å². The van der Waals surface area contributed by atoms with E-state index in [1.165, 1.54) is 0 Å². The van der Waals surface area contributed by atoms with Crippen LogP contribution in [0.4, 0.5) is 0 Å². The van der Waals surface area contributed by atoms with Gasteiger partial charge in [0.25, 0.3) is 10.1 Å². The molecule has 0 saturated carbocycles. The van der Waals surface area contributed by atoms with Crippen molar-refractivity contribution >= 4 is 10.1 Å². The highest BCUT2D eigenvalue weighted by atomic mass is 32.2. The molecule has 142 valence electrons. The van der Waals surface area contributed by atoms with Gasteiger partial charge in [-0.15, -0.1) is 5.10 Å². The summed E-state index contributed by atoms with van der Waals surface area (Å²) in [6.45, 7) is 1.98. The number of rotatable bonds is 8. The first kappa shape index (κ1) is 19.1. The lowest BCUT2D eigenvalue weighted by molar-refractivity contribution is 0.312. The van der Waals surface area contributed by atoms with Gasteiger partial charge in [0.1, 0.15) is 5.75 Å². The number of benzene rings is 2. The van der Waals surface area contributed by atoms with Gasteiger partial charge in [-0.1, -0.05) is 29.0 Å². The van der Waals surface area contributed by atoms with Gasteiger partial charge in [0.05, 0.1) is 36.2 Å². The largest absolute Gasteiger partial charge is 0.497 e. The highest BCUT2D eigenvalue weighted by Gasteiger charge is 2.14. The van der Waals surface area contributed by atoms with Crippen molar-refractivity contribution in [3.8, 4) is 11.4 Å². The number of aromatic nitrogens is 3. The molecule has 0 saturated heterocycles. The molecule has 0 N–H and O–H groups in total. The third-order valence-corrected chi connectivity index (χ3v) is 5.31. The second-order valence-electron chi connectivity index (χ2n) is 6.05. The molecule has 0 amide bonds. The van der Waals surface area contributed by atoms with Crippen molar-refractivity contribution in [2.24, 2.45) is 0 Å². The first-order chi connectivity index (χ1) is 13.0. The van der Waals surface area contributed by atoms with Crippen LogP contribution in [-0.4, -0.2) is 37.1 Å².